The van der Waals surface area contributed by atoms with E-state index < -0.39 is 20.0 Å². The summed E-state index contributed by atoms with van der Waals surface area (Å²) in [6.07, 6.45) is 88.5. The first-order valence-electron chi connectivity index (χ1n) is 36.5. The Labute approximate surface area is 518 Å². The van der Waals surface area contributed by atoms with Crippen molar-refractivity contribution < 1.29 is 32.9 Å². The van der Waals surface area contributed by atoms with Crippen LogP contribution >= 0.6 is 7.82 Å². The standard InChI is InChI=1S/C74H143N2O6P/c1-6-8-10-12-14-16-18-20-22-24-26-28-29-30-31-32-33-34-35-36-37-38-39-40-41-42-43-44-45-46-47-48-50-52-54-56-58-60-62-64-66-68-74(78)75-72(71-82-83(79,80)81-70-69-76(3,4)5)73(77)67-65-63-61-59-57-55-53-51-49-27-25-23-21-19-17-15-13-11-9-7-2/h18,20,24,26,29-30,65,67,72-73,77H,6-17,19,21-23,25,27-28,31-64,66,68-71H2,1-5H3,(H-,75,78,79,80)/p+1/b20-18-,26-24-,30-29-,67-65+. The van der Waals surface area contributed by atoms with E-state index in [0.717, 1.165) is 44.9 Å². The molecule has 9 heteroatoms. The van der Waals surface area contributed by atoms with Gasteiger partial charge in [0.25, 0.3) is 0 Å². The number of allylic oxidation sites excluding steroid dienone is 7. The van der Waals surface area contributed by atoms with Gasteiger partial charge < -0.3 is 19.8 Å². The van der Waals surface area contributed by atoms with E-state index in [4.69, 9.17) is 9.05 Å². The Balaban J connectivity index is 3.91. The molecule has 0 aromatic rings. The van der Waals surface area contributed by atoms with Gasteiger partial charge in [0, 0.05) is 6.42 Å². The van der Waals surface area contributed by atoms with E-state index in [1.807, 2.05) is 27.2 Å². The SMILES string of the molecule is CCCCCCC/C=C\C/C=C\C/C=C\CCCCCCCCCCCCCCCCCCCCCCCCCCCCC(=O)NC(COP(=O)(O)OCC[N+](C)(C)C)C(O)/C=C/CCCCCCCCCCCCCCCCCCCC. The van der Waals surface area contributed by atoms with Crippen LogP contribution in [0.3, 0.4) is 0 Å². The fraction of sp³-hybridized carbons (Fsp3) is 0.878. The zero-order valence-electron chi connectivity index (χ0n) is 56.2. The molecule has 3 unspecified atom stereocenters. The first kappa shape index (κ1) is 81.5. The van der Waals surface area contributed by atoms with Crippen LogP contribution in [0.25, 0.3) is 0 Å². The maximum Gasteiger partial charge on any atom is 0.472 e. The molecule has 0 aliphatic rings. The molecule has 0 aromatic heterocycles. The average molecular weight is 1190 g/mol. The zero-order valence-corrected chi connectivity index (χ0v) is 57.1. The summed E-state index contributed by atoms with van der Waals surface area (Å²) in [5.74, 6) is -0.169. The minimum absolute atomic E-state index is 0.0636. The molecular formula is C74H144N2O6P+. The zero-order chi connectivity index (χ0) is 60.5. The summed E-state index contributed by atoms with van der Waals surface area (Å²) >= 11 is 0. The number of phosphoric ester groups is 1. The topological polar surface area (TPSA) is 105 Å². The van der Waals surface area contributed by atoms with E-state index in [9.17, 15) is 19.4 Å². The normalized spacial score (nSPS) is 13.9. The molecule has 0 aromatic carbocycles. The summed E-state index contributed by atoms with van der Waals surface area (Å²) in [5, 5.41) is 14.0. The molecule has 0 fully saturated rings. The number of quaternary nitrogens is 1. The van der Waals surface area contributed by atoms with E-state index in [-0.39, 0.29) is 19.1 Å². The van der Waals surface area contributed by atoms with Crippen LogP contribution in [0, 0.1) is 0 Å². The van der Waals surface area contributed by atoms with Crippen molar-refractivity contribution in [3.05, 3.63) is 48.6 Å². The van der Waals surface area contributed by atoms with Gasteiger partial charge >= 0.3 is 7.82 Å². The summed E-state index contributed by atoms with van der Waals surface area (Å²) in [4.78, 5) is 23.4. The van der Waals surface area contributed by atoms with E-state index in [0.29, 0.717) is 17.4 Å². The monoisotopic (exact) mass is 1190 g/mol. The van der Waals surface area contributed by atoms with Gasteiger partial charge in [-0.25, -0.2) is 4.57 Å². The highest BCUT2D eigenvalue weighted by Crippen LogP contribution is 2.43. The quantitative estimate of drug-likeness (QED) is 0.0243. The number of hydrogen-bond acceptors (Lipinski definition) is 5. The maximum atomic E-state index is 13.0. The number of amides is 1. The molecule has 0 bridgehead atoms. The molecule has 1 amide bonds. The number of nitrogens with zero attached hydrogens (tertiary/aromatic N) is 1. The van der Waals surface area contributed by atoms with Crippen LogP contribution in [0.5, 0.6) is 0 Å². The van der Waals surface area contributed by atoms with E-state index in [1.165, 1.54) is 302 Å². The summed E-state index contributed by atoms with van der Waals surface area (Å²) in [6, 6.07) is -0.846. The van der Waals surface area contributed by atoms with Gasteiger partial charge in [-0.1, -0.05) is 351 Å². The Morgan fingerprint density at radius 1 is 0.410 bits per heavy atom. The van der Waals surface area contributed by atoms with E-state index >= 15 is 0 Å². The molecule has 0 aliphatic carbocycles. The maximum absolute atomic E-state index is 13.0. The first-order chi connectivity index (χ1) is 40.5. The van der Waals surface area contributed by atoms with Gasteiger partial charge in [0.2, 0.25) is 5.91 Å². The van der Waals surface area contributed by atoms with Crippen LogP contribution in [-0.4, -0.2) is 73.4 Å². The first-order valence-corrected chi connectivity index (χ1v) is 38.0. The number of likely N-dealkylation sites (N-methyl/N-ethyl adjacent to an activating group) is 1. The molecule has 0 radical (unpaired) electrons. The third-order valence-corrected chi connectivity index (χ3v) is 17.8. The van der Waals surface area contributed by atoms with Crippen LogP contribution < -0.4 is 5.32 Å². The van der Waals surface area contributed by atoms with E-state index in [2.05, 4.69) is 55.6 Å². The van der Waals surface area contributed by atoms with Gasteiger partial charge in [0.1, 0.15) is 13.2 Å². The van der Waals surface area contributed by atoms with Crippen molar-refractivity contribution in [3.63, 3.8) is 0 Å². The molecule has 0 rings (SSSR count). The van der Waals surface area contributed by atoms with Crippen LogP contribution in [0.4, 0.5) is 0 Å². The number of unbranched alkanes of at least 4 members (excludes halogenated alkanes) is 49. The summed E-state index contributed by atoms with van der Waals surface area (Å²) in [7, 11) is 1.59. The molecule has 0 heterocycles. The van der Waals surface area contributed by atoms with Crippen LogP contribution in [0.15, 0.2) is 48.6 Å². The smallest absolute Gasteiger partial charge is 0.387 e. The number of nitrogens with one attached hydrogen (secondary N) is 1. The van der Waals surface area contributed by atoms with Gasteiger partial charge in [-0.15, -0.1) is 0 Å². The second-order valence-electron chi connectivity index (χ2n) is 26.3. The minimum atomic E-state index is -4.35. The highest BCUT2D eigenvalue weighted by atomic mass is 31.2. The molecule has 0 saturated heterocycles. The molecule has 3 N–H and O–H groups in total. The third kappa shape index (κ3) is 67.8. The van der Waals surface area contributed by atoms with Crippen LogP contribution in [0.2, 0.25) is 0 Å². The van der Waals surface area contributed by atoms with Crippen molar-refractivity contribution in [2.75, 3.05) is 40.9 Å². The second kappa shape index (κ2) is 64.9. The molecule has 83 heavy (non-hydrogen) atoms. The van der Waals surface area contributed by atoms with Crippen LogP contribution in [-0.2, 0) is 18.4 Å². The third-order valence-electron chi connectivity index (χ3n) is 16.8. The fourth-order valence-electron chi connectivity index (χ4n) is 11.1. The number of aliphatic hydroxyl groups excluding tert-OH is 1. The summed E-state index contributed by atoms with van der Waals surface area (Å²) in [5.41, 5.74) is 0. The highest BCUT2D eigenvalue weighted by molar-refractivity contribution is 7.47. The van der Waals surface area contributed by atoms with Gasteiger partial charge in [-0.05, 0) is 57.8 Å². The second-order valence-corrected chi connectivity index (χ2v) is 27.8. The predicted octanol–water partition coefficient (Wildman–Crippen LogP) is 23.4. The van der Waals surface area contributed by atoms with Crippen molar-refractivity contribution in [2.45, 2.75) is 379 Å². The van der Waals surface area contributed by atoms with Crippen molar-refractivity contribution in [2.24, 2.45) is 0 Å². The lowest BCUT2D eigenvalue weighted by atomic mass is 10.0. The molecular weight excluding hydrogens is 1040 g/mol. The molecule has 0 spiro atoms. The largest absolute Gasteiger partial charge is 0.472 e. The number of carbonyl (C=O) groups excluding carboxylic acids is 1. The number of phosphoric acid groups is 1. The van der Waals surface area contributed by atoms with Crippen molar-refractivity contribution in [1.82, 2.24) is 5.32 Å². The molecule has 8 nitrogen and oxygen atoms in total. The lowest BCUT2D eigenvalue weighted by molar-refractivity contribution is -0.870. The van der Waals surface area contributed by atoms with Gasteiger partial charge in [-0.2, -0.15) is 0 Å². The number of hydrogen-bond donors (Lipinski definition) is 3. The summed E-state index contributed by atoms with van der Waals surface area (Å²) < 4.78 is 23.8. The Kier molecular flexibility index (Phi) is 63.7. The van der Waals surface area contributed by atoms with Gasteiger partial charge in [0.15, 0.2) is 0 Å². The van der Waals surface area contributed by atoms with Crippen molar-refractivity contribution in [1.29, 1.82) is 0 Å². The Hall–Kier alpha value is -1.54. The minimum Gasteiger partial charge on any atom is -0.387 e. The molecule has 0 saturated carbocycles. The van der Waals surface area contributed by atoms with Crippen LogP contribution in [0.1, 0.15) is 367 Å². The molecule has 0 aliphatic heterocycles. The Morgan fingerprint density at radius 3 is 1.00 bits per heavy atom. The lowest BCUT2D eigenvalue weighted by Crippen LogP contribution is -2.45. The average Bonchev–Trinajstić information content (AvgIpc) is 3.49. The number of aliphatic hydroxyl groups is 1. The fourth-order valence-corrected chi connectivity index (χ4v) is 11.8. The highest BCUT2D eigenvalue weighted by Gasteiger charge is 2.28. The van der Waals surface area contributed by atoms with Crippen molar-refractivity contribution >= 4 is 13.7 Å². The van der Waals surface area contributed by atoms with E-state index in [1.54, 1.807) is 6.08 Å². The summed E-state index contributed by atoms with van der Waals surface area (Å²) in [6.45, 7) is 4.85. The molecule has 490 valence electrons. The van der Waals surface area contributed by atoms with Gasteiger partial charge in [-0.3, -0.25) is 13.8 Å². The number of carbonyl (C=O) groups is 1. The lowest BCUT2D eigenvalue weighted by Gasteiger charge is -2.25. The number of rotatable bonds is 68. The molecule has 3 atom stereocenters. The van der Waals surface area contributed by atoms with Crippen molar-refractivity contribution in [3.8, 4) is 0 Å². The van der Waals surface area contributed by atoms with Gasteiger partial charge in [0.05, 0.1) is 39.9 Å². The Morgan fingerprint density at radius 2 is 0.687 bits per heavy atom. The Bertz CT molecular complexity index is 1490. The predicted molar refractivity (Wildman–Crippen MR) is 364 cm³/mol.